The number of benzene rings is 1. The van der Waals surface area contributed by atoms with Crippen LogP contribution in [-0.4, -0.2) is 23.6 Å². The number of thiocarbonyl (C=S) groups is 1. The zero-order valence-corrected chi connectivity index (χ0v) is 9.96. The number of nitrogens with two attached hydrogens (primary N) is 1. The molecule has 0 spiro atoms. The summed E-state index contributed by atoms with van der Waals surface area (Å²) in [6.07, 6.45) is -0.264. The van der Waals surface area contributed by atoms with E-state index >= 15 is 0 Å². The molecule has 1 aliphatic heterocycles. The average molecular weight is 250 g/mol. The largest absolute Gasteiger partial charge is 0.393 e. The second-order valence-corrected chi connectivity index (χ2v) is 4.32. The van der Waals surface area contributed by atoms with Crippen LogP contribution in [0.5, 0.6) is 0 Å². The normalized spacial score (nSPS) is 23.3. The van der Waals surface area contributed by atoms with E-state index in [9.17, 15) is 4.79 Å². The van der Waals surface area contributed by atoms with Gasteiger partial charge in [-0.2, -0.15) is 0 Å². The summed E-state index contributed by atoms with van der Waals surface area (Å²) >= 11 is 4.95. The second kappa shape index (κ2) is 5.22. The first kappa shape index (κ1) is 12.0. The SMILES string of the molecule is NC(=S)C1CNNC1NC(=O)c1ccccc1. The van der Waals surface area contributed by atoms with Crippen molar-refractivity contribution < 1.29 is 4.79 Å². The summed E-state index contributed by atoms with van der Waals surface area (Å²) in [7, 11) is 0. The van der Waals surface area contributed by atoms with Crippen molar-refractivity contribution in [3.63, 3.8) is 0 Å². The maximum atomic E-state index is 11.9. The van der Waals surface area contributed by atoms with Crippen LogP contribution in [0.4, 0.5) is 0 Å². The van der Waals surface area contributed by atoms with Gasteiger partial charge in [-0.3, -0.25) is 10.2 Å². The quantitative estimate of drug-likeness (QED) is 0.557. The third-order valence-corrected chi connectivity index (χ3v) is 2.97. The first-order valence-electron chi connectivity index (χ1n) is 5.32. The standard InChI is InChI=1S/C11H14N4OS/c12-9(17)8-6-13-15-10(8)14-11(16)7-4-2-1-3-5-7/h1-5,8,10,13,15H,6H2,(H2,12,17)(H,14,16). The van der Waals surface area contributed by atoms with Crippen molar-refractivity contribution in [3.8, 4) is 0 Å². The van der Waals surface area contributed by atoms with Gasteiger partial charge in [0.1, 0.15) is 6.17 Å². The zero-order valence-electron chi connectivity index (χ0n) is 9.14. The molecule has 1 amide bonds. The van der Waals surface area contributed by atoms with Crippen LogP contribution < -0.4 is 21.9 Å². The molecule has 2 atom stereocenters. The summed E-state index contributed by atoms with van der Waals surface area (Å²) < 4.78 is 0. The topological polar surface area (TPSA) is 79.2 Å². The van der Waals surface area contributed by atoms with Gasteiger partial charge in [-0.1, -0.05) is 30.4 Å². The van der Waals surface area contributed by atoms with E-state index in [4.69, 9.17) is 18.0 Å². The van der Waals surface area contributed by atoms with Gasteiger partial charge in [0, 0.05) is 12.1 Å². The predicted octanol–water partition coefficient (Wildman–Crippen LogP) is -0.247. The molecule has 6 heteroatoms. The number of nitrogens with one attached hydrogen (secondary N) is 3. The minimum Gasteiger partial charge on any atom is -0.393 e. The molecule has 1 aromatic rings. The van der Waals surface area contributed by atoms with Crippen LogP contribution in [0.15, 0.2) is 30.3 Å². The van der Waals surface area contributed by atoms with E-state index < -0.39 is 0 Å². The van der Waals surface area contributed by atoms with Crippen LogP contribution in [0, 0.1) is 5.92 Å². The second-order valence-electron chi connectivity index (χ2n) is 3.85. The average Bonchev–Trinajstić information content (AvgIpc) is 2.78. The Labute approximate surface area is 105 Å². The minimum atomic E-state index is -0.264. The summed E-state index contributed by atoms with van der Waals surface area (Å²) in [4.78, 5) is 12.3. The summed E-state index contributed by atoms with van der Waals surface area (Å²) in [5.74, 6) is -0.217. The first-order valence-corrected chi connectivity index (χ1v) is 5.73. The van der Waals surface area contributed by atoms with Crippen LogP contribution in [0.1, 0.15) is 10.4 Å². The van der Waals surface area contributed by atoms with Crippen molar-refractivity contribution in [2.45, 2.75) is 6.17 Å². The van der Waals surface area contributed by atoms with Gasteiger partial charge < -0.3 is 11.1 Å². The Balaban J connectivity index is 2.02. The lowest BCUT2D eigenvalue weighted by Gasteiger charge is -2.18. The number of rotatable bonds is 3. The van der Waals surface area contributed by atoms with E-state index in [-0.39, 0.29) is 18.0 Å². The van der Waals surface area contributed by atoms with Crippen molar-refractivity contribution in [2.24, 2.45) is 11.7 Å². The van der Waals surface area contributed by atoms with Crippen molar-refractivity contribution >= 4 is 23.1 Å². The summed E-state index contributed by atoms with van der Waals surface area (Å²) in [6.45, 7) is 0.620. The van der Waals surface area contributed by atoms with Crippen molar-refractivity contribution in [1.82, 2.24) is 16.2 Å². The molecule has 1 aromatic carbocycles. The summed E-state index contributed by atoms with van der Waals surface area (Å²) in [6, 6.07) is 9.02. The number of carbonyl (C=O) groups excluding carboxylic acids is 1. The number of hydrazine groups is 1. The van der Waals surface area contributed by atoms with Gasteiger partial charge in [0.2, 0.25) is 0 Å². The Morgan fingerprint density at radius 3 is 2.76 bits per heavy atom. The number of amides is 1. The molecule has 1 saturated heterocycles. The highest BCUT2D eigenvalue weighted by molar-refractivity contribution is 7.80. The van der Waals surface area contributed by atoms with E-state index in [1.54, 1.807) is 12.1 Å². The van der Waals surface area contributed by atoms with E-state index in [2.05, 4.69) is 16.2 Å². The maximum Gasteiger partial charge on any atom is 0.252 e. The molecule has 0 aromatic heterocycles. The van der Waals surface area contributed by atoms with E-state index in [1.165, 1.54) is 0 Å². The molecular formula is C11H14N4OS. The van der Waals surface area contributed by atoms with Crippen LogP contribution in [0.2, 0.25) is 0 Å². The molecule has 1 fully saturated rings. The maximum absolute atomic E-state index is 11.9. The van der Waals surface area contributed by atoms with Gasteiger partial charge in [-0.05, 0) is 12.1 Å². The number of hydrogen-bond acceptors (Lipinski definition) is 4. The molecule has 5 nitrogen and oxygen atoms in total. The Morgan fingerprint density at radius 1 is 1.41 bits per heavy atom. The monoisotopic (exact) mass is 250 g/mol. The molecule has 2 rings (SSSR count). The van der Waals surface area contributed by atoms with Gasteiger partial charge in [0.05, 0.1) is 10.9 Å². The van der Waals surface area contributed by atoms with Gasteiger partial charge in [-0.15, -0.1) is 0 Å². The van der Waals surface area contributed by atoms with Crippen molar-refractivity contribution in [2.75, 3.05) is 6.54 Å². The molecule has 1 aliphatic rings. The Kier molecular flexibility index (Phi) is 3.68. The van der Waals surface area contributed by atoms with Gasteiger partial charge in [0.25, 0.3) is 5.91 Å². The highest BCUT2D eigenvalue weighted by Crippen LogP contribution is 2.07. The third kappa shape index (κ3) is 2.79. The molecule has 0 bridgehead atoms. The fourth-order valence-corrected chi connectivity index (χ4v) is 1.93. The molecular weight excluding hydrogens is 236 g/mol. The molecule has 0 radical (unpaired) electrons. The Morgan fingerprint density at radius 2 is 2.12 bits per heavy atom. The smallest absolute Gasteiger partial charge is 0.252 e. The lowest BCUT2D eigenvalue weighted by molar-refractivity contribution is 0.0928. The molecule has 2 unspecified atom stereocenters. The van der Waals surface area contributed by atoms with Gasteiger partial charge in [0.15, 0.2) is 0 Å². The minimum absolute atomic E-state index is 0.0716. The highest BCUT2D eigenvalue weighted by atomic mass is 32.1. The van der Waals surface area contributed by atoms with Crippen molar-refractivity contribution in [3.05, 3.63) is 35.9 Å². The molecule has 0 saturated carbocycles. The Hall–Kier alpha value is -1.50. The number of carbonyl (C=O) groups is 1. The molecule has 5 N–H and O–H groups in total. The van der Waals surface area contributed by atoms with Crippen LogP contribution in [-0.2, 0) is 0 Å². The Bertz CT molecular complexity index is 423. The highest BCUT2D eigenvalue weighted by Gasteiger charge is 2.30. The molecule has 1 heterocycles. The molecule has 90 valence electrons. The van der Waals surface area contributed by atoms with Gasteiger partial charge >= 0.3 is 0 Å². The molecule has 0 aliphatic carbocycles. The summed E-state index contributed by atoms with van der Waals surface area (Å²) in [5, 5.41) is 2.85. The van der Waals surface area contributed by atoms with Crippen LogP contribution >= 0.6 is 12.2 Å². The van der Waals surface area contributed by atoms with Crippen molar-refractivity contribution in [1.29, 1.82) is 0 Å². The predicted molar refractivity (Wildman–Crippen MR) is 69.1 cm³/mol. The number of hydrogen-bond donors (Lipinski definition) is 4. The fourth-order valence-electron chi connectivity index (χ4n) is 1.71. The van der Waals surface area contributed by atoms with Crippen LogP contribution in [0.3, 0.4) is 0 Å². The third-order valence-electron chi connectivity index (χ3n) is 2.67. The lowest BCUT2D eigenvalue weighted by Crippen LogP contribution is -2.49. The molecule has 17 heavy (non-hydrogen) atoms. The lowest BCUT2D eigenvalue weighted by atomic mass is 10.1. The van der Waals surface area contributed by atoms with Gasteiger partial charge in [-0.25, -0.2) is 5.43 Å². The zero-order chi connectivity index (χ0) is 12.3. The van der Waals surface area contributed by atoms with E-state index in [1.807, 2.05) is 18.2 Å². The first-order chi connectivity index (χ1) is 8.18. The van der Waals surface area contributed by atoms with Crippen LogP contribution in [0.25, 0.3) is 0 Å². The van der Waals surface area contributed by atoms with E-state index in [0.29, 0.717) is 17.1 Å². The van der Waals surface area contributed by atoms with E-state index in [0.717, 1.165) is 0 Å². The fraction of sp³-hybridized carbons (Fsp3) is 0.273. The summed E-state index contributed by atoms with van der Waals surface area (Å²) in [5.41, 5.74) is 12.1.